The van der Waals surface area contributed by atoms with Gasteiger partial charge in [0, 0.05) is 18.8 Å². The summed E-state index contributed by atoms with van der Waals surface area (Å²) in [4.78, 5) is 14.1. The van der Waals surface area contributed by atoms with E-state index in [0.29, 0.717) is 29.4 Å². The van der Waals surface area contributed by atoms with Gasteiger partial charge in [0.05, 0.1) is 15.6 Å². The van der Waals surface area contributed by atoms with Gasteiger partial charge in [-0.3, -0.25) is 4.79 Å². The lowest BCUT2D eigenvalue weighted by molar-refractivity contribution is 0.0766. The molecule has 2 N–H and O–H groups in total. The van der Waals surface area contributed by atoms with Crippen LogP contribution in [0.5, 0.6) is 0 Å². The van der Waals surface area contributed by atoms with Crippen LogP contribution in [0, 0.1) is 0 Å². The number of halogens is 2. The van der Waals surface area contributed by atoms with Crippen molar-refractivity contribution in [3.05, 3.63) is 39.4 Å². The van der Waals surface area contributed by atoms with E-state index < -0.39 is 0 Å². The number of carbonyl (C=O) groups excluding carboxylic acids is 1. The zero-order valence-corrected chi connectivity index (χ0v) is 11.6. The van der Waals surface area contributed by atoms with Crippen LogP contribution in [0.1, 0.15) is 23.7 Å². The molecule has 1 aliphatic rings. The molecule has 0 unspecified atom stereocenters. The molecule has 1 heterocycles. The maximum absolute atomic E-state index is 12.4. The molecule has 96 valence electrons. The van der Waals surface area contributed by atoms with Crippen LogP contribution in [0.4, 0.5) is 5.69 Å². The summed E-state index contributed by atoms with van der Waals surface area (Å²) in [5, 5.41) is 0.576. The lowest BCUT2D eigenvalue weighted by atomic mass is 10.1. The Morgan fingerprint density at radius 1 is 1.39 bits per heavy atom. The molecule has 0 atom stereocenters. The Hall–Kier alpha value is -1.19. The average Bonchev–Trinajstić information content (AvgIpc) is 2.33. The van der Waals surface area contributed by atoms with Gasteiger partial charge in [-0.2, -0.15) is 0 Å². The van der Waals surface area contributed by atoms with Gasteiger partial charge in [0.25, 0.3) is 5.91 Å². The summed E-state index contributed by atoms with van der Waals surface area (Å²) >= 11 is 12.0. The highest BCUT2D eigenvalue weighted by Crippen LogP contribution is 2.30. The second-order valence-electron chi connectivity index (χ2n) is 4.43. The first-order chi connectivity index (χ1) is 8.49. The van der Waals surface area contributed by atoms with Crippen LogP contribution in [0.15, 0.2) is 23.8 Å². The van der Waals surface area contributed by atoms with E-state index in [1.807, 2.05) is 6.92 Å². The Morgan fingerprint density at radius 2 is 2.11 bits per heavy atom. The molecule has 0 aromatic heterocycles. The molecule has 0 bridgehead atoms. The van der Waals surface area contributed by atoms with Crippen molar-refractivity contribution >= 4 is 34.8 Å². The number of nitrogens with two attached hydrogens (primary N) is 1. The normalized spacial score (nSPS) is 15.5. The molecule has 0 spiro atoms. The molecular weight excluding hydrogens is 271 g/mol. The first kappa shape index (κ1) is 13.2. The molecule has 1 aliphatic heterocycles. The number of carbonyl (C=O) groups is 1. The monoisotopic (exact) mass is 284 g/mol. The first-order valence-corrected chi connectivity index (χ1v) is 6.44. The fraction of sp³-hybridized carbons (Fsp3) is 0.308. The molecule has 5 heteroatoms. The van der Waals surface area contributed by atoms with E-state index in [1.165, 1.54) is 5.57 Å². The van der Waals surface area contributed by atoms with E-state index in [-0.39, 0.29) is 10.9 Å². The lowest BCUT2D eigenvalue weighted by Crippen LogP contribution is -2.35. The second kappa shape index (κ2) is 5.21. The van der Waals surface area contributed by atoms with Gasteiger partial charge < -0.3 is 10.6 Å². The summed E-state index contributed by atoms with van der Waals surface area (Å²) in [7, 11) is 0. The molecule has 18 heavy (non-hydrogen) atoms. The first-order valence-electron chi connectivity index (χ1n) is 5.68. The SMILES string of the molecule is CC1=CCCN(C(=O)c2cc(N)cc(Cl)c2Cl)C1. The minimum Gasteiger partial charge on any atom is -0.399 e. The Bertz CT molecular complexity index is 526. The quantitative estimate of drug-likeness (QED) is 0.635. The molecular formula is C13H14Cl2N2O. The molecule has 1 aromatic carbocycles. The molecule has 3 nitrogen and oxygen atoms in total. The van der Waals surface area contributed by atoms with E-state index in [1.54, 1.807) is 17.0 Å². The average molecular weight is 285 g/mol. The maximum atomic E-state index is 12.4. The van der Waals surface area contributed by atoms with E-state index in [4.69, 9.17) is 28.9 Å². The van der Waals surface area contributed by atoms with Crippen LogP contribution < -0.4 is 5.73 Å². The fourth-order valence-electron chi connectivity index (χ4n) is 2.02. The summed E-state index contributed by atoms with van der Waals surface area (Å²) in [5.41, 5.74) is 7.69. The largest absolute Gasteiger partial charge is 0.399 e. The number of benzene rings is 1. The number of amides is 1. The summed E-state index contributed by atoms with van der Waals surface area (Å²) in [6.07, 6.45) is 3.00. The van der Waals surface area contributed by atoms with Crippen LogP contribution in [-0.2, 0) is 0 Å². The highest BCUT2D eigenvalue weighted by atomic mass is 35.5. The number of nitrogen functional groups attached to an aromatic ring is 1. The van der Waals surface area contributed by atoms with Gasteiger partial charge in [-0.15, -0.1) is 0 Å². The van der Waals surface area contributed by atoms with Gasteiger partial charge in [-0.25, -0.2) is 0 Å². The van der Waals surface area contributed by atoms with Crippen molar-refractivity contribution in [1.29, 1.82) is 0 Å². The zero-order chi connectivity index (χ0) is 13.3. The predicted molar refractivity (Wildman–Crippen MR) is 75.2 cm³/mol. The lowest BCUT2D eigenvalue weighted by Gasteiger charge is -2.26. The third kappa shape index (κ3) is 2.62. The maximum Gasteiger partial charge on any atom is 0.255 e. The number of nitrogens with zero attached hydrogens (tertiary/aromatic N) is 1. The topological polar surface area (TPSA) is 46.3 Å². The van der Waals surface area contributed by atoms with Crippen LogP contribution in [0.25, 0.3) is 0 Å². The Labute approximate surface area is 116 Å². The molecule has 1 aromatic rings. The predicted octanol–water partition coefficient (Wildman–Crippen LogP) is 3.37. The molecule has 2 rings (SSSR count). The molecule has 0 saturated carbocycles. The van der Waals surface area contributed by atoms with Crippen molar-refractivity contribution < 1.29 is 4.79 Å². The van der Waals surface area contributed by atoms with Crippen LogP contribution in [-0.4, -0.2) is 23.9 Å². The minimum atomic E-state index is -0.123. The third-order valence-electron chi connectivity index (χ3n) is 2.90. The van der Waals surface area contributed by atoms with E-state index in [0.717, 1.165) is 6.42 Å². The zero-order valence-electron chi connectivity index (χ0n) is 10.0. The smallest absolute Gasteiger partial charge is 0.255 e. The van der Waals surface area contributed by atoms with Crippen molar-refractivity contribution in [2.75, 3.05) is 18.8 Å². The number of hydrogen-bond acceptors (Lipinski definition) is 2. The van der Waals surface area contributed by atoms with Crippen LogP contribution >= 0.6 is 23.2 Å². The van der Waals surface area contributed by atoms with Crippen molar-refractivity contribution in [2.24, 2.45) is 0 Å². The van der Waals surface area contributed by atoms with Gasteiger partial charge >= 0.3 is 0 Å². The van der Waals surface area contributed by atoms with Crippen LogP contribution in [0.3, 0.4) is 0 Å². The highest BCUT2D eigenvalue weighted by molar-refractivity contribution is 6.44. The standard InChI is InChI=1S/C13H14Cl2N2O/c1-8-3-2-4-17(7-8)13(18)10-5-9(16)6-11(14)12(10)15/h3,5-6H,2,4,7,16H2,1H3. The molecule has 0 aliphatic carbocycles. The van der Waals surface area contributed by atoms with Crippen molar-refractivity contribution in [1.82, 2.24) is 4.90 Å². The Balaban J connectivity index is 2.32. The third-order valence-corrected chi connectivity index (χ3v) is 3.70. The van der Waals surface area contributed by atoms with Crippen molar-refractivity contribution in [2.45, 2.75) is 13.3 Å². The number of anilines is 1. The van der Waals surface area contributed by atoms with Crippen molar-refractivity contribution in [3.8, 4) is 0 Å². The molecule has 0 saturated heterocycles. The van der Waals surface area contributed by atoms with Crippen molar-refractivity contribution in [3.63, 3.8) is 0 Å². The van der Waals surface area contributed by atoms with Gasteiger partial charge in [0.2, 0.25) is 0 Å². The summed E-state index contributed by atoms with van der Waals surface area (Å²) in [6.45, 7) is 3.33. The van der Waals surface area contributed by atoms with Crippen LogP contribution in [0.2, 0.25) is 10.0 Å². The second-order valence-corrected chi connectivity index (χ2v) is 5.22. The number of rotatable bonds is 1. The molecule has 1 amide bonds. The summed E-state index contributed by atoms with van der Waals surface area (Å²) in [5.74, 6) is -0.123. The summed E-state index contributed by atoms with van der Waals surface area (Å²) in [6, 6.07) is 3.12. The van der Waals surface area contributed by atoms with Gasteiger partial charge in [-0.05, 0) is 25.5 Å². The van der Waals surface area contributed by atoms with E-state index >= 15 is 0 Å². The number of hydrogen-bond donors (Lipinski definition) is 1. The highest BCUT2D eigenvalue weighted by Gasteiger charge is 2.21. The molecule has 0 fully saturated rings. The van der Waals surface area contributed by atoms with Gasteiger partial charge in [0.1, 0.15) is 0 Å². The van der Waals surface area contributed by atoms with Gasteiger partial charge in [-0.1, -0.05) is 34.9 Å². The van der Waals surface area contributed by atoms with E-state index in [2.05, 4.69) is 6.08 Å². The summed E-state index contributed by atoms with van der Waals surface area (Å²) < 4.78 is 0. The minimum absolute atomic E-state index is 0.123. The van der Waals surface area contributed by atoms with Gasteiger partial charge in [0.15, 0.2) is 0 Å². The fourth-order valence-corrected chi connectivity index (χ4v) is 2.44. The Kier molecular flexibility index (Phi) is 3.83. The Morgan fingerprint density at radius 3 is 2.78 bits per heavy atom. The van der Waals surface area contributed by atoms with E-state index in [9.17, 15) is 4.79 Å². The molecule has 0 radical (unpaired) electrons.